The number of piperidine rings is 1. The smallest absolute Gasteiger partial charge is 0.396 e. The van der Waals surface area contributed by atoms with E-state index in [1.54, 1.807) is 0 Å². The van der Waals surface area contributed by atoms with Gasteiger partial charge in [0, 0.05) is 6.61 Å². The Kier molecular flexibility index (Phi) is 3.55. The number of hydrogen-bond donors (Lipinski definition) is 2. The summed E-state index contributed by atoms with van der Waals surface area (Å²) in [4.78, 5) is 0. The molecule has 2 atom stereocenters. The molecule has 13 heavy (non-hydrogen) atoms. The second kappa shape index (κ2) is 4.28. The molecular weight excluding hydrogens is 183 g/mol. The Morgan fingerprint density at radius 3 is 2.62 bits per heavy atom. The number of rotatable bonds is 2. The zero-order chi connectivity index (χ0) is 9.90. The van der Waals surface area contributed by atoms with Crippen LogP contribution in [0.15, 0.2) is 0 Å². The van der Waals surface area contributed by atoms with Gasteiger partial charge in [0.2, 0.25) is 0 Å². The number of halogens is 3. The topological polar surface area (TPSA) is 32.3 Å². The van der Waals surface area contributed by atoms with Gasteiger partial charge < -0.3 is 10.4 Å². The van der Waals surface area contributed by atoms with Gasteiger partial charge in [-0.05, 0) is 31.7 Å². The van der Waals surface area contributed by atoms with E-state index in [4.69, 9.17) is 5.11 Å². The molecule has 0 aliphatic carbocycles. The molecule has 1 rings (SSSR count). The lowest BCUT2D eigenvalue weighted by Gasteiger charge is -2.33. The van der Waals surface area contributed by atoms with Crippen molar-refractivity contribution >= 4 is 0 Å². The summed E-state index contributed by atoms with van der Waals surface area (Å²) in [6.07, 6.45) is -2.63. The van der Waals surface area contributed by atoms with Crippen LogP contribution in [-0.2, 0) is 0 Å². The maximum absolute atomic E-state index is 12.4. The van der Waals surface area contributed by atoms with E-state index in [1.807, 2.05) is 0 Å². The van der Waals surface area contributed by atoms with E-state index in [0.717, 1.165) is 6.42 Å². The lowest BCUT2D eigenvalue weighted by Crippen LogP contribution is -2.51. The second-order valence-electron chi connectivity index (χ2n) is 3.39. The molecule has 1 aliphatic heterocycles. The zero-order valence-corrected chi connectivity index (χ0v) is 7.27. The van der Waals surface area contributed by atoms with Crippen molar-refractivity contribution in [1.29, 1.82) is 0 Å². The number of alkyl halides is 3. The maximum atomic E-state index is 12.4. The molecule has 1 saturated heterocycles. The molecule has 2 nitrogen and oxygen atoms in total. The molecule has 0 unspecified atom stereocenters. The molecule has 2 N–H and O–H groups in total. The van der Waals surface area contributed by atoms with Crippen LogP contribution in [0.1, 0.15) is 19.3 Å². The van der Waals surface area contributed by atoms with Crippen LogP contribution in [0.3, 0.4) is 0 Å². The minimum Gasteiger partial charge on any atom is -0.396 e. The molecular formula is C8H14F3NO. The largest absolute Gasteiger partial charge is 0.404 e. The van der Waals surface area contributed by atoms with Gasteiger partial charge in [-0.2, -0.15) is 13.2 Å². The first kappa shape index (κ1) is 10.8. The van der Waals surface area contributed by atoms with Gasteiger partial charge in [-0.3, -0.25) is 0 Å². The first-order valence-corrected chi connectivity index (χ1v) is 4.46. The molecule has 0 spiro atoms. The van der Waals surface area contributed by atoms with Crippen LogP contribution >= 0.6 is 0 Å². The van der Waals surface area contributed by atoms with Gasteiger partial charge in [-0.25, -0.2) is 0 Å². The van der Waals surface area contributed by atoms with Gasteiger partial charge in [0.15, 0.2) is 0 Å². The van der Waals surface area contributed by atoms with Gasteiger partial charge in [0.1, 0.15) is 6.04 Å². The maximum Gasteiger partial charge on any atom is 0.404 e. The summed E-state index contributed by atoms with van der Waals surface area (Å²) in [7, 11) is 0. The molecule has 0 amide bonds. The summed E-state index contributed by atoms with van der Waals surface area (Å²) < 4.78 is 37.1. The lowest BCUT2D eigenvalue weighted by molar-refractivity contribution is -0.173. The number of aliphatic hydroxyl groups is 1. The van der Waals surface area contributed by atoms with E-state index in [9.17, 15) is 13.2 Å². The van der Waals surface area contributed by atoms with Gasteiger partial charge in [-0.15, -0.1) is 0 Å². The van der Waals surface area contributed by atoms with Crippen LogP contribution in [0, 0.1) is 5.92 Å². The summed E-state index contributed by atoms with van der Waals surface area (Å²) in [5, 5.41) is 11.1. The molecule has 0 saturated carbocycles. The quantitative estimate of drug-likeness (QED) is 0.699. The van der Waals surface area contributed by atoms with E-state index in [-0.39, 0.29) is 13.0 Å². The van der Waals surface area contributed by atoms with Crippen molar-refractivity contribution in [3.8, 4) is 0 Å². The van der Waals surface area contributed by atoms with Crippen LogP contribution in [0.2, 0.25) is 0 Å². The van der Waals surface area contributed by atoms with E-state index < -0.39 is 18.1 Å². The highest BCUT2D eigenvalue weighted by atomic mass is 19.4. The Labute approximate surface area is 75.1 Å². The fourth-order valence-corrected chi connectivity index (χ4v) is 1.81. The van der Waals surface area contributed by atoms with Crippen LogP contribution in [0.4, 0.5) is 13.2 Å². The van der Waals surface area contributed by atoms with E-state index >= 15 is 0 Å². The van der Waals surface area contributed by atoms with E-state index in [2.05, 4.69) is 5.32 Å². The minimum atomic E-state index is -4.18. The fourth-order valence-electron chi connectivity index (χ4n) is 1.81. The lowest BCUT2D eigenvalue weighted by atomic mass is 9.88. The highest BCUT2D eigenvalue weighted by molar-refractivity contribution is 4.86. The third-order valence-electron chi connectivity index (χ3n) is 2.44. The van der Waals surface area contributed by atoms with Gasteiger partial charge >= 0.3 is 6.18 Å². The Morgan fingerprint density at radius 1 is 1.38 bits per heavy atom. The van der Waals surface area contributed by atoms with Crippen LogP contribution in [-0.4, -0.2) is 30.5 Å². The van der Waals surface area contributed by atoms with Gasteiger partial charge in [-0.1, -0.05) is 0 Å². The summed E-state index contributed by atoms with van der Waals surface area (Å²) in [5.41, 5.74) is 0. The predicted octanol–water partition coefficient (Wildman–Crippen LogP) is 1.30. The first-order valence-electron chi connectivity index (χ1n) is 4.46. The molecule has 0 aromatic rings. The number of aliphatic hydroxyl groups excluding tert-OH is 1. The average molecular weight is 197 g/mol. The summed E-state index contributed by atoms with van der Waals surface area (Å²) in [5.74, 6) is -0.459. The van der Waals surface area contributed by atoms with Gasteiger partial charge in [0.05, 0.1) is 0 Å². The third-order valence-corrected chi connectivity index (χ3v) is 2.44. The molecule has 0 aromatic carbocycles. The molecule has 1 aliphatic rings. The van der Waals surface area contributed by atoms with Crippen molar-refractivity contribution < 1.29 is 18.3 Å². The van der Waals surface area contributed by atoms with Crippen LogP contribution in [0.5, 0.6) is 0 Å². The predicted molar refractivity (Wildman–Crippen MR) is 42.3 cm³/mol. The number of hydrogen-bond acceptors (Lipinski definition) is 2. The average Bonchev–Trinajstić information content (AvgIpc) is 2.04. The first-order chi connectivity index (χ1) is 6.05. The monoisotopic (exact) mass is 197 g/mol. The molecule has 78 valence electrons. The van der Waals surface area contributed by atoms with Crippen LogP contribution in [0.25, 0.3) is 0 Å². The fraction of sp³-hybridized carbons (Fsp3) is 1.00. The van der Waals surface area contributed by atoms with E-state index in [0.29, 0.717) is 13.0 Å². The summed E-state index contributed by atoms with van der Waals surface area (Å²) >= 11 is 0. The summed E-state index contributed by atoms with van der Waals surface area (Å²) in [6.45, 7) is 0.255. The molecule has 0 bridgehead atoms. The Bertz CT molecular complexity index is 158. The van der Waals surface area contributed by atoms with Crippen molar-refractivity contribution in [2.45, 2.75) is 31.5 Å². The Balaban J connectivity index is 2.56. The minimum absolute atomic E-state index is 0.168. The van der Waals surface area contributed by atoms with Crippen LogP contribution < -0.4 is 5.32 Å². The second-order valence-corrected chi connectivity index (χ2v) is 3.39. The zero-order valence-electron chi connectivity index (χ0n) is 7.27. The van der Waals surface area contributed by atoms with E-state index in [1.165, 1.54) is 0 Å². The Morgan fingerprint density at radius 2 is 2.08 bits per heavy atom. The Hall–Kier alpha value is -0.290. The van der Waals surface area contributed by atoms with Crippen molar-refractivity contribution in [3.05, 3.63) is 0 Å². The third kappa shape index (κ3) is 2.84. The number of nitrogens with one attached hydrogen (secondary N) is 1. The molecule has 1 fully saturated rings. The molecule has 0 aromatic heterocycles. The van der Waals surface area contributed by atoms with Crippen molar-refractivity contribution in [3.63, 3.8) is 0 Å². The molecule has 5 heteroatoms. The molecule has 0 radical (unpaired) electrons. The SMILES string of the molecule is OCC[C@H]1CCCN[C@H]1C(F)(F)F. The standard InChI is InChI=1S/C8H14F3NO/c9-8(10,11)7-6(3-5-13)2-1-4-12-7/h6-7,12-13H,1-5H2/t6-,7-/m1/s1. The summed E-state index contributed by atoms with van der Waals surface area (Å²) in [6, 6.07) is -1.42. The highest BCUT2D eigenvalue weighted by Gasteiger charge is 2.45. The molecule has 1 heterocycles. The van der Waals surface area contributed by atoms with Crippen molar-refractivity contribution in [1.82, 2.24) is 5.32 Å². The highest BCUT2D eigenvalue weighted by Crippen LogP contribution is 2.32. The normalized spacial score (nSPS) is 30.5. The van der Waals surface area contributed by atoms with Crippen molar-refractivity contribution in [2.75, 3.05) is 13.2 Å². The van der Waals surface area contributed by atoms with Crippen molar-refractivity contribution in [2.24, 2.45) is 5.92 Å². The van der Waals surface area contributed by atoms with Gasteiger partial charge in [0.25, 0.3) is 0 Å².